The second-order valence-electron chi connectivity index (χ2n) is 7.98. The number of amides is 4. The van der Waals surface area contributed by atoms with Gasteiger partial charge in [0.2, 0.25) is 0 Å². The van der Waals surface area contributed by atoms with Gasteiger partial charge in [0.15, 0.2) is 0 Å². The number of benzene rings is 2. The van der Waals surface area contributed by atoms with Crippen molar-refractivity contribution in [1.29, 1.82) is 0 Å². The molecule has 33 heavy (non-hydrogen) atoms. The van der Waals surface area contributed by atoms with Gasteiger partial charge < -0.3 is 5.32 Å². The minimum absolute atomic E-state index is 0.391. The van der Waals surface area contributed by atoms with Crippen LogP contribution in [-0.4, -0.2) is 33.4 Å². The fourth-order valence-corrected chi connectivity index (χ4v) is 5.62. The van der Waals surface area contributed by atoms with Crippen LogP contribution in [0.5, 0.6) is 0 Å². The molecule has 0 aliphatic carbocycles. The van der Waals surface area contributed by atoms with E-state index in [1.807, 2.05) is 60.7 Å². The second-order valence-corrected chi connectivity index (χ2v) is 10.1. The largest absolute Gasteiger partial charge is 0.344 e. The molecule has 2 aromatic carbocycles. The molecule has 1 fully saturated rings. The lowest BCUT2D eigenvalue weighted by atomic mass is 9.93. The van der Waals surface area contributed by atoms with Gasteiger partial charge in [-0.3, -0.25) is 15.0 Å². The fourth-order valence-electron chi connectivity index (χ4n) is 3.70. The van der Waals surface area contributed by atoms with Gasteiger partial charge in [0.1, 0.15) is 10.5 Å². The Hall–Kier alpha value is -3.56. The van der Waals surface area contributed by atoms with Crippen molar-refractivity contribution in [2.45, 2.75) is 25.3 Å². The third-order valence-electron chi connectivity index (χ3n) is 5.57. The summed E-state index contributed by atoms with van der Waals surface area (Å²) in [7, 11) is 0. The highest BCUT2D eigenvalue weighted by Gasteiger charge is 2.48. The van der Waals surface area contributed by atoms with E-state index in [4.69, 9.17) is 0 Å². The van der Waals surface area contributed by atoms with Gasteiger partial charge in [-0.05, 0) is 49.6 Å². The molecule has 9 heteroatoms. The summed E-state index contributed by atoms with van der Waals surface area (Å²) < 4.78 is 1.07. The number of carbonyl (C=O) groups is 3. The van der Waals surface area contributed by atoms with Crippen molar-refractivity contribution in [3.63, 3.8) is 0 Å². The Balaban J connectivity index is 1.27. The quantitative estimate of drug-likeness (QED) is 0.398. The summed E-state index contributed by atoms with van der Waals surface area (Å²) in [6.07, 6.45) is 1.05. The van der Waals surface area contributed by atoms with Crippen LogP contribution < -0.4 is 10.7 Å². The van der Waals surface area contributed by atoms with Gasteiger partial charge in [-0.2, -0.15) is 5.01 Å². The zero-order valence-corrected chi connectivity index (χ0v) is 19.3. The molecule has 4 aromatic rings. The smallest absolute Gasteiger partial charge is 0.322 e. The van der Waals surface area contributed by atoms with E-state index in [2.05, 4.69) is 15.7 Å². The van der Waals surface area contributed by atoms with Crippen molar-refractivity contribution in [2.24, 2.45) is 0 Å². The number of carbonyl (C=O) groups excluding carboxylic acids is 3. The average Bonchev–Trinajstić information content (AvgIpc) is 3.52. The Labute approximate surface area is 198 Å². The molecule has 0 radical (unpaired) electrons. The van der Waals surface area contributed by atoms with Crippen molar-refractivity contribution in [3.05, 3.63) is 77.2 Å². The number of urea groups is 1. The lowest BCUT2D eigenvalue weighted by Crippen LogP contribution is -2.48. The van der Waals surface area contributed by atoms with Crippen LogP contribution in [0.15, 0.2) is 66.7 Å². The monoisotopic (exact) mass is 476 g/mol. The number of rotatable bonds is 6. The van der Waals surface area contributed by atoms with Gasteiger partial charge in [-0.1, -0.05) is 42.5 Å². The molecule has 0 saturated carbocycles. The van der Waals surface area contributed by atoms with Crippen LogP contribution in [-0.2, 0) is 11.2 Å². The summed E-state index contributed by atoms with van der Waals surface area (Å²) >= 11 is 2.82. The number of thiophene rings is 1. The molecular formula is C24H20N4O3S2. The first-order chi connectivity index (χ1) is 15.9. The maximum atomic E-state index is 13.0. The molecular weight excluding hydrogens is 456 g/mol. The van der Waals surface area contributed by atoms with Gasteiger partial charge in [0.25, 0.3) is 11.8 Å². The lowest BCUT2D eigenvalue weighted by Gasteiger charge is -2.21. The number of hydrogen-bond donors (Lipinski definition) is 2. The van der Waals surface area contributed by atoms with E-state index >= 15 is 0 Å². The highest BCUT2D eigenvalue weighted by Crippen LogP contribution is 2.34. The number of nitrogens with one attached hydrogen (secondary N) is 2. The van der Waals surface area contributed by atoms with Gasteiger partial charge >= 0.3 is 6.03 Å². The highest BCUT2D eigenvalue weighted by molar-refractivity contribution is 7.26. The first-order valence-corrected chi connectivity index (χ1v) is 12.0. The predicted octanol–water partition coefficient (Wildman–Crippen LogP) is 4.61. The van der Waals surface area contributed by atoms with Crippen LogP contribution in [0.25, 0.3) is 20.1 Å². The SMILES string of the molecule is CC1(CCc2ccccc2)NC(=O)N(NC(=O)c2ccc(-c3nc4ccccc4s3)s2)C1=O. The standard InChI is InChI=1S/C24H20N4O3S2/c1-24(14-13-15-7-3-2-4-8-15)22(30)28(23(31)26-24)27-20(29)18-11-12-19(32-18)21-25-16-9-5-6-10-17(16)33-21/h2-12H,13-14H2,1H3,(H,26,31)(H,27,29). The average molecular weight is 477 g/mol. The zero-order chi connectivity index (χ0) is 23.0. The highest BCUT2D eigenvalue weighted by atomic mass is 32.1. The van der Waals surface area contributed by atoms with Crippen LogP contribution in [0.1, 0.15) is 28.6 Å². The van der Waals surface area contributed by atoms with E-state index in [-0.39, 0.29) is 0 Å². The van der Waals surface area contributed by atoms with Crippen molar-refractivity contribution in [1.82, 2.24) is 20.7 Å². The number of para-hydroxylation sites is 1. The van der Waals surface area contributed by atoms with Crippen LogP contribution >= 0.6 is 22.7 Å². The molecule has 5 rings (SSSR count). The second kappa shape index (κ2) is 8.42. The number of hydrazine groups is 1. The molecule has 166 valence electrons. The fraction of sp³-hybridized carbons (Fsp3) is 0.167. The minimum Gasteiger partial charge on any atom is -0.322 e. The Morgan fingerprint density at radius 2 is 1.79 bits per heavy atom. The van der Waals surface area contributed by atoms with E-state index in [9.17, 15) is 14.4 Å². The summed E-state index contributed by atoms with van der Waals surface area (Å²) in [5.41, 5.74) is 3.37. The first kappa shape index (κ1) is 21.3. The summed E-state index contributed by atoms with van der Waals surface area (Å²) in [5.74, 6) is -0.983. The molecule has 2 aromatic heterocycles. The lowest BCUT2D eigenvalue weighted by molar-refractivity contribution is -0.132. The predicted molar refractivity (Wildman–Crippen MR) is 129 cm³/mol. The third kappa shape index (κ3) is 4.12. The summed E-state index contributed by atoms with van der Waals surface area (Å²) in [6, 6.07) is 20.5. The van der Waals surface area contributed by atoms with Crippen LogP contribution in [0.4, 0.5) is 4.79 Å². The molecule has 1 atom stereocenters. The van der Waals surface area contributed by atoms with E-state index in [0.29, 0.717) is 17.7 Å². The van der Waals surface area contributed by atoms with Crippen molar-refractivity contribution in [2.75, 3.05) is 0 Å². The maximum Gasteiger partial charge on any atom is 0.344 e. The molecule has 0 bridgehead atoms. The first-order valence-electron chi connectivity index (χ1n) is 10.4. The number of nitrogens with zero attached hydrogens (tertiary/aromatic N) is 2. The molecule has 2 N–H and O–H groups in total. The topological polar surface area (TPSA) is 91.4 Å². The van der Waals surface area contributed by atoms with Crippen LogP contribution in [0.2, 0.25) is 0 Å². The number of hydrogen-bond acceptors (Lipinski definition) is 6. The van der Waals surface area contributed by atoms with Gasteiger partial charge in [-0.15, -0.1) is 22.7 Å². The Morgan fingerprint density at radius 1 is 1.03 bits per heavy atom. The molecule has 1 aliphatic heterocycles. The van der Waals surface area contributed by atoms with Crippen molar-refractivity contribution < 1.29 is 14.4 Å². The van der Waals surface area contributed by atoms with E-state index in [1.165, 1.54) is 11.3 Å². The molecule has 4 amide bonds. The van der Waals surface area contributed by atoms with Gasteiger partial charge in [0.05, 0.1) is 20.0 Å². The van der Waals surface area contributed by atoms with E-state index in [1.54, 1.807) is 24.3 Å². The zero-order valence-electron chi connectivity index (χ0n) is 17.7. The maximum absolute atomic E-state index is 13.0. The number of imide groups is 1. The van der Waals surface area contributed by atoms with Gasteiger partial charge in [0, 0.05) is 0 Å². The normalized spacial score (nSPS) is 18.0. The van der Waals surface area contributed by atoms with Crippen LogP contribution in [0, 0.1) is 0 Å². The third-order valence-corrected chi connectivity index (χ3v) is 7.85. The number of fused-ring (bicyclic) bond motifs is 1. The molecule has 1 aliphatic rings. The summed E-state index contributed by atoms with van der Waals surface area (Å²) in [4.78, 5) is 44.1. The molecule has 1 unspecified atom stereocenters. The number of aryl methyl sites for hydroxylation is 1. The molecule has 1 saturated heterocycles. The minimum atomic E-state index is -1.08. The molecule has 0 spiro atoms. The van der Waals surface area contributed by atoms with E-state index < -0.39 is 23.4 Å². The number of aromatic nitrogens is 1. The molecule has 7 nitrogen and oxygen atoms in total. The Kier molecular flexibility index (Phi) is 5.43. The Morgan fingerprint density at radius 3 is 2.58 bits per heavy atom. The van der Waals surface area contributed by atoms with E-state index in [0.717, 1.165) is 30.7 Å². The van der Waals surface area contributed by atoms with Crippen LogP contribution in [0.3, 0.4) is 0 Å². The Bertz CT molecular complexity index is 1330. The summed E-state index contributed by atoms with van der Waals surface area (Å²) in [6.45, 7) is 1.68. The number of thiazole rings is 1. The van der Waals surface area contributed by atoms with Gasteiger partial charge in [-0.25, -0.2) is 9.78 Å². The van der Waals surface area contributed by atoms with Crippen molar-refractivity contribution >= 4 is 50.7 Å². The van der Waals surface area contributed by atoms with Crippen molar-refractivity contribution in [3.8, 4) is 9.88 Å². The molecule has 3 heterocycles. The summed E-state index contributed by atoms with van der Waals surface area (Å²) in [5, 5.41) is 4.33.